The lowest BCUT2D eigenvalue weighted by atomic mass is 10.2. The van der Waals surface area contributed by atoms with E-state index in [-0.39, 0.29) is 32.2 Å². The number of pyridine rings is 2. The Morgan fingerprint density at radius 1 is 0.643 bits per heavy atom. The van der Waals surface area contributed by atoms with Gasteiger partial charge in [0.15, 0.2) is 0 Å². The van der Waals surface area contributed by atoms with Crippen LogP contribution in [-0.4, -0.2) is 31.7 Å². The van der Waals surface area contributed by atoms with Crippen molar-refractivity contribution in [3.8, 4) is 0 Å². The van der Waals surface area contributed by atoms with Crippen LogP contribution in [0.5, 0.6) is 0 Å². The standard InChI is InChI=1S/C18H14N4O6/c23-15-9-3-7-13(21(15)27)17(25)19-11-5-1-2-6-12(11)20-18(26)14-8-4-10-16(24)22(14)28/h1-10,27-28H,(H,19,25)(H,20,26). The summed E-state index contributed by atoms with van der Waals surface area (Å²) in [6.07, 6.45) is 0. The fraction of sp³-hybridized carbons (Fsp3) is 0. The number of hydrogen-bond acceptors (Lipinski definition) is 6. The molecular weight excluding hydrogens is 368 g/mol. The molecule has 4 N–H and O–H groups in total. The van der Waals surface area contributed by atoms with Crippen LogP contribution in [0, 0.1) is 0 Å². The molecule has 10 nitrogen and oxygen atoms in total. The quantitative estimate of drug-likeness (QED) is 0.496. The molecule has 0 bridgehead atoms. The molecule has 0 spiro atoms. The molecule has 0 aliphatic rings. The minimum atomic E-state index is -0.791. The van der Waals surface area contributed by atoms with E-state index in [1.807, 2.05) is 0 Å². The number of rotatable bonds is 4. The first-order valence-electron chi connectivity index (χ1n) is 7.93. The van der Waals surface area contributed by atoms with Crippen LogP contribution in [0.2, 0.25) is 0 Å². The maximum atomic E-state index is 12.4. The smallest absolute Gasteiger partial charge is 0.283 e. The Labute approximate surface area is 156 Å². The first-order valence-corrected chi connectivity index (χ1v) is 7.93. The highest BCUT2D eigenvalue weighted by Crippen LogP contribution is 2.22. The second kappa shape index (κ2) is 7.50. The lowest BCUT2D eigenvalue weighted by Crippen LogP contribution is -2.27. The largest absolute Gasteiger partial charge is 0.425 e. The lowest BCUT2D eigenvalue weighted by molar-refractivity contribution is 0.0949. The van der Waals surface area contributed by atoms with Gasteiger partial charge in [-0.05, 0) is 24.3 Å². The van der Waals surface area contributed by atoms with Crippen LogP contribution in [0.1, 0.15) is 21.0 Å². The molecule has 0 aliphatic heterocycles. The zero-order chi connectivity index (χ0) is 20.3. The van der Waals surface area contributed by atoms with Gasteiger partial charge >= 0.3 is 0 Å². The molecule has 0 atom stereocenters. The number of para-hydroxylation sites is 2. The molecule has 0 aliphatic carbocycles. The minimum Gasteiger partial charge on any atom is -0.425 e. The molecule has 3 rings (SSSR count). The van der Waals surface area contributed by atoms with Crippen molar-refractivity contribution in [2.24, 2.45) is 0 Å². The average Bonchev–Trinajstić information content (AvgIpc) is 2.67. The van der Waals surface area contributed by atoms with Crippen LogP contribution in [0.15, 0.2) is 70.3 Å². The summed E-state index contributed by atoms with van der Waals surface area (Å²) < 4.78 is 0.399. The van der Waals surface area contributed by atoms with E-state index in [9.17, 15) is 29.6 Å². The Kier molecular flexibility index (Phi) is 4.94. The Balaban J connectivity index is 1.87. The van der Waals surface area contributed by atoms with Gasteiger partial charge in [-0.2, -0.15) is 0 Å². The Hall–Kier alpha value is -4.34. The van der Waals surface area contributed by atoms with Crippen molar-refractivity contribution in [1.82, 2.24) is 9.46 Å². The summed E-state index contributed by atoms with van der Waals surface area (Å²) in [7, 11) is 0. The van der Waals surface area contributed by atoms with E-state index in [1.54, 1.807) is 12.1 Å². The van der Waals surface area contributed by atoms with Gasteiger partial charge in [0, 0.05) is 12.1 Å². The van der Waals surface area contributed by atoms with Crippen molar-refractivity contribution in [2.45, 2.75) is 0 Å². The second-order valence-electron chi connectivity index (χ2n) is 5.58. The first kappa shape index (κ1) is 18.5. The van der Waals surface area contributed by atoms with Gasteiger partial charge in [-0.3, -0.25) is 19.2 Å². The van der Waals surface area contributed by atoms with Gasteiger partial charge in [0.2, 0.25) is 0 Å². The second-order valence-corrected chi connectivity index (χ2v) is 5.58. The molecule has 2 aromatic heterocycles. The number of amides is 2. The van der Waals surface area contributed by atoms with Gasteiger partial charge in [0.05, 0.1) is 11.4 Å². The zero-order valence-corrected chi connectivity index (χ0v) is 14.2. The third kappa shape index (κ3) is 3.60. The highest BCUT2D eigenvalue weighted by atomic mass is 16.5. The summed E-state index contributed by atoms with van der Waals surface area (Å²) in [5, 5.41) is 24.3. The molecule has 2 amide bonds. The molecule has 0 radical (unpaired) electrons. The summed E-state index contributed by atoms with van der Waals surface area (Å²) in [6, 6.07) is 13.4. The zero-order valence-electron chi connectivity index (χ0n) is 14.2. The summed E-state index contributed by atoms with van der Waals surface area (Å²) in [4.78, 5) is 47.6. The number of anilines is 2. The number of carbonyl (C=O) groups excluding carboxylic acids is 2. The van der Waals surface area contributed by atoms with E-state index < -0.39 is 22.9 Å². The molecular formula is C18H14N4O6. The third-order valence-electron chi connectivity index (χ3n) is 3.75. The topological polar surface area (TPSA) is 143 Å². The number of nitrogens with zero attached hydrogens (tertiary/aromatic N) is 2. The Morgan fingerprint density at radius 2 is 1.04 bits per heavy atom. The molecule has 0 fully saturated rings. The minimum absolute atomic E-state index is 0.167. The lowest BCUT2D eigenvalue weighted by Gasteiger charge is -2.13. The summed E-state index contributed by atoms with van der Waals surface area (Å²) in [5.74, 6) is -1.58. The average molecular weight is 382 g/mol. The van der Waals surface area contributed by atoms with Crippen molar-refractivity contribution < 1.29 is 20.0 Å². The number of aromatic nitrogens is 2. The summed E-state index contributed by atoms with van der Waals surface area (Å²) >= 11 is 0. The Morgan fingerprint density at radius 3 is 1.43 bits per heavy atom. The van der Waals surface area contributed by atoms with E-state index in [2.05, 4.69) is 10.6 Å². The molecule has 2 heterocycles. The predicted octanol–water partition coefficient (Wildman–Crippen LogP) is 0.989. The van der Waals surface area contributed by atoms with E-state index in [1.165, 1.54) is 36.4 Å². The third-order valence-corrected chi connectivity index (χ3v) is 3.75. The number of nitrogens with one attached hydrogen (secondary N) is 2. The van der Waals surface area contributed by atoms with E-state index in [4.69, 9.17) is 0 Å². The highest BCUT2D eigenvalue weighted by molar-refractivity contribution is 6.08. The van der Waals surface area contributed by atoms with E-state index in [0.717, 1.165) is 12.1 Å². The molecule has 28 heavy (non-hydrogen) atoms. The van der Waals surface area contributed by atoms with Crippen molar-refractivity contribution in [2.75, 3.05) is 10.6 Å². The maximum absolute atomic E-state index is 12.4. The normalized spacial score (nSPS) is 10.3. The number of hydrogen-bond donors (Lipinski definition) is 4. The molecule has 0 unspecified atom stereocenters. The monoisotopic (exact) mass is 382 g/mol. The van der Waals surface area contributed by atoms with Crippen LogP contribution in [0.25, 0.3) is 0 Å². The molecule has 10 heteroatoms. The van der Waals surface area contributed by atoms with Gasteiger partial charge < -0.3 is 21.0 Å². The SMILES string of the molecule is O=C(Nc1ccccc1NC(=O)c1cccc(=O)n1O)c1cccc(=O)n1O. The molecule has 3 aromatic rings. The van der Waals surface area contributed by atoms with Gasteiger partial charge in [-0.25, -0.2) is 0 Å². The van der Waals surface area contributed by atoms with E-state index >= 15 is 0 Å². The van der Waals surface area contributed by atoms with Crippen LogP contribution in [0.4, 0.5) is 11.4 Å². The molecule has 0 saturated heterocycles. The molecule has 1 aromatic carbocycles. The number of carbonyl (C=O) groups is 2. The number of benzene rings is 1. The van der Waals surface area contributed by atoms with Crippen LogP contribution >= 0.6 is 0 Å². The maximum Gasteiger partial charge on any atom is 0.283 e. The van der Waals surface area contributed by atoms with Crippen LogP contribution < -0.4 is 21.8 Å². The Bertz CT molecular complexity index is 1090. The molecule has 142 valence electrons. The van der Waals surface area contributed by atoms with Crippen molar-refractivity contribution in [1.29, 1.82) is 0 Å². The van der Waals surface area contributed by atoms with Gasteiger partial charge in [0.1, 0.15) is 11.4 Å². The van der Waals surface area contributed by atoms with E-state index in [0.29, 0.717) is 0 Å². The van der Waals surface area contributed by atoms with Gasteiger partial charge in [-0.1, -0.05) is 24.3 Å². The van der Waals surface area contributed by atoms with Crippen LogP contribution in [0.3, 0.4) is 0 Å². The fourth-order valence-corrected chi connectivity index (χ4v) is 2.38. The van der Waals surface area contributed by atoms with Crippen molar-refractivity contribution in [3.63, 3.8) is 0 Å². The van der Waals surface area contributed by atoms with Crippen molar-refractivity contribution in [3.05, 3.63) is 92.8 Å². The summed E-state index contributed by atoms with van der Waals surface area (Å²) in [5.41, 5.74) is -1.83. The summed E-state index contributed by atoms with van der Waals surface area (Å²) in [6.45, 7) is 0. The van der Waals surface area contributed by atoms with Gasteiger partial charge in [-0.15, -0.1) is 9.46 Å². The highest BCUT2D eigenvalue weighted by Gasteiger charge is 2.16. The van der Waals surface area contributed by atoms with Crippen LogP contribution in [-0.2, 0) is 0 Å². The molecule has 0 saturated carbocycles. The van der Waals surface area contributed by atoms with Crippen molar-refractivity contribution >= 4 is 23.2 Å². The first-order chi connectivity index (χ1) is 13.4. The predicted molar refractivity (Wildman–Crippen MR) is 98.1 cm³/mol. The van der Waals surface area contributed by atoms with Gasteiger partial charge in [0.25, 0.3) is 22.9 Å². The fourth-order valence-electron chi connectivity index (χ4n) is 2.38.